The van der Waals surface area contributed by atoms with Crippen LogP contribution in [0.25, 0.3) is 0 Å². The summed E-state index contributed by atoms with van der Waals surface area (Å²) in [6.07, 6.45) is 7.12. The zero-order valence-electron chi connectivity index (χ0n) is 12.3. The van der Waals surface area contributed by atoms with Crippen molar-refractivity contribution >= 4 is 19.7 Å². The highest BCUT2D eigenvalue weighted by molar-refractivity contribution is 6.91. The number of unbranched alkanes of at least 4 members (excludes halogenated alkanes) is 2. The minimum atomic E-state index is -1.39. The van der Waals surface area contributed by atoms with E-state index < -0.39 is 8.07 Å². The predicted molar refractivity (Wildman–Crippen MR) is 84.4 cm³/mol. The lowest BCUT2D eigenvalue weighted by Crippen LogP contribution is -2.22. The van der Waals surface area contributed by atoms with E-state index in [0.29, 0.717) is 0 Å². The molecule has 0 amide bonds. The van der Waals surface area contributed by atoms with Gasteiger partial charge in [0, 0.05) is 4.66 Å². The highest BCUT2D eigenvalue weighted by Gasteiger charge is 2.22. The molecule has 0 aromatic heterocycles. The summed E-state index contributed by atoms with van der Waals surface area (Å²) < 4.78 is 1.15. The second-order valence-electron chi connectivity index (χ2n) is 5.85. The van der Waals surface area contributed by atoms with Gasteiger partial charge in [0.1, 0.15) is 0 Å². The standard InChI is InChI=1S/C15H29ClSi/c1-7-9-11-13(3)14(12-10-8-2)15(16)17(4,5)6/h3,7-12H2,1-2,4-6H3/b15-14+. The lowest BCUT2D eigenvalue weighted by molar-refractivity contribution is 0.754. The lowest BCUT2D eigenvalue weighted by Gasteiger charge is -2.21. The molecule has 0 aliphatic heterocycles. The van der Waals surface area contributed by atoms with Crippen LogP contribution >= 0.6 is 11.6 Å². The number of halogens is 1. The fourth-order valence-corrected chi connectivity index (χ4v) is 3.22. The molecule has 17 heavy (non-hydrogen) atoms. The molecule has 0 aliphatic carbocycles. The first kappa shape index (κ1) is 17.0. The summed E-state index contributed by atoms with van der Waals surface area (Å²) >= 11 is 6.61. The maximum atomic E-state index is 6.61. The van der Waals surface area contributed by atoms with Gasteiger partial charge in [0.05, 0.1) is 8.07 Å². The molecule has 0 N–H and O–H groups in total. The van der Waals surface area contributed by atoms with Crippen LogP contribution in [0.15, 0.2) is 22.4 Å². The van der Waals surface area contributed by atoms with Crippen molar-refractivity contribution in [1.29, 1.82) is 0 Å². The van der Waals surface area contributed by atoms with E-state index in [9.17, 15) is 0 Å². The molecule has 100 valence electrons. The van der Waals surface area contributed by atoms with Gasteiger partial charge in [-0.05, 0) is 31.3 Å². The number of hydrogen-bond acceptors (Lipinski definition) is 0. The summed E-state index contributed by atoms with van der Waals surface area (Å²) in [5.41, 5.74) is 2.66. The summed E-state index contributed by atoms with van der Waals surface area (Å²) in [7, 11) is -1.39. The monoisotopic (exact) mass is 272 g/mol. The lowest BCUT2D eigenvalue weighted by atomic mass is 9.99. The van der Waals surface area contributed by atoms with Gasteiger partial charge in [0.15, 0.2) is 0 Å². The Morgan fingerprint density at radius 2 is 1.47 bits per heavy atom. The molecule has 0 nitrogen and oxygen atoms in total. The first-order valence-corrected chi connectivity index (χ1v) is 10.8. The second-order valence-corrected chi connectivity index (χ2v) is 11.5. The summed E-state index contributed by atoms with van der Waals surface area (Å²) in [6.45, 7) is 15.7. The Labute approximate surface area is 114 Å². The van der Waals surface area contributed by atoms with Crippen LogP contribution in [0, 0.1) is 0 Å². The predicted octanol–water partition coefficient (Wildman–Crippen LogP) is 6.29. The third kappa shape index (κ3) is 6.47. The molecule has 0 saturated carbocycles. The van der Waals surface area contributed by atoms with Gasteiger partial charge in [0.25, 0.3) is 0 Å². The van der Waals surface area contributed by atoms with E-state index in [-0.39, 0.29) is 0 Å². The minimum Gasteiger partial charge on any atom is -0.0955 e. The average molecular weight is 273 g/mol. The van der Waals surface area contributed by atoms with Crippen LogP contribution in [0.5, 0.6) is 0 Å². The second kappa shape index (κ2) is 8.15. The van der Waals surface area contributed by atoms with Crippen LogP contribution in [0.4, 0.5) is 0 Å². The van der Waals surface area contributed by atoms with Gasteiger partial charge in [-0.25, -0.2) is 0 Å². The van der Waals surface area contributed by atoms with E-state index in [1.807, 2.05) is 0 Å². The fourth-order valence-electron chi connectivity index (χ4n) is 1.79. The SMILES string of the molecule is C=C(CCCC)/C(CCCC)=C(\Cl)[Si](C)(C)C. The molecular formula is C15H29ClSi. The van der Waals surface area contributed by atoms with Crippen LogP contribution in [-0.4, -0.2) is 8.07 Å². The van der Waals surface area contributed by atoms with E-state index in [1.54, 1.807) is 0 Å². The highest BCUT2D eigenvalue weighted by Crippen LogP contribution is 2.31. The molecule has 0 heterocycles. The van der Waals surface area contributed by atoms with Crippen LogP contribution in [0.2, 0.25) is 19.6 Å². The van der Waals surface area contributed by atoms with Crippen LogP contribution < -0.4 is 0 Å². The summed E-state index contributed by atoms with van der Waals surface area (Å²) in [5.74, 6) is 0. The summed E-state index contributed by atoms with van der Waals surface area (Å²) in [4.78, 5) is 0. The highest BCUT2D eigenvalue weighted by atomic mass is 35.5. The molecular weight excluding hydrogens is 244 g/mol. The Hall–Kier alpha value is -0.0131. The molecule has 0 aromatic rings. The number of hydrogen-bond donors (Lipinski definition) is 0. The van der Waals surface area contributed by atoms with Crippen LogP contribution in [-0.2, 0) is 0 Å². The maximum absolute atomic E-state index is 6.61. The zero-order chi connectivity index (χ0) is 13.5. The fraction of sp³-hybridized carbons (Fsp3) is 0.733. The third-order valence-electron chi connectivity index (χ3n) is 2.96. The molecule has 0 unspecified atom stereocenters. The van der Waals surface area contributed by atoms with E-state index >= 15 is 0 Å². The Morgan fingerprint density at radius 1 is 1.00 bits per heavy atom. The topological polar surface area (TPSA) is 0 Å². The largest absolute Gasteiger partial charge is 0.0955 e. The van der Waals surface area contributed by atoms with Gasteiger partial charge in [-0.3, -0.25) is 0 Å². The molecule has 0 rings (SSSR count). The minimum absolute atomic E-state index is 1.11. The van der Waals surface area contributed by atoms with E-state index in [1.165, 1.54) is 36.8 Å². The molecule has 2 heteroatoms. The van der Waals surface area contributed by atoms with E-state index in [4.69, 9.17) is 11.6 Å². The third-order valence-corrected chi connectivity index (χ3v) is 6.51. The van der Waals surface area contributed by atoms with Gasteiger partial charge in [0.2, 0.25) is 0 Å². The normalized spacial score (nSPS) is 13.5. The quantitative estimate of drug-likeness (QED) is 0.360. The Kier molecular flexibility index (Phi) is 8.15. The van der Waals surface area contributed by atoms with Crippen molar-refractivity contribution < 1.29 is 0 Å². The number of allylic oxidation sites excluding steroid dienone is 2. The zero-order valence-corrected chi connectivity index (χ0v) is 14.1. The van der Waals surface area contributed by atoms with Crippen molar-refractivity contribution in [3.05, 3.63) is 22.4 Å². The smallest absolute Gasteiger partial charge is 0.0926 e. The Balaban J connectivity index is 4.92. The van der Waals surface area contributed by atoms with Crippen molar-refractivity contribution in [2.75, 3.05) is 0 Å². The first-order valence-electron chi connectivity index (χ1n) is 6.91. The molecule has 0 radical (unpaired) electrons. The molecule has 0 spiro atoms. The van der Waals surface area contributed by atoms with Crippen LogP contribution in [0.3, 0.4) is 0 Å². The van der Waals surface area contributed by atoms with Crippen molar-refractivity contribution in [3.8, 4) is 0 Å². The van der Waals surface area contributed by atoms with Crippen molar-refractivity contribution in [3.63, 3.8) is 0 Å². The first-order chi connectivity index (χ1) is 7.84. The van der Waals surface area contributed by atoms with Gasteiger partial charge < -0.3 is 0 Å². The molecule has 0 aromatic carbocycles. The molecule has 0 saturated heterocycles. The Bertz CT molecular complexity index is 271. The molecule has 0 bridgehead atoms. The maximum Gasteiger partial charge on any atom is 0.0926 e. The average Bonchev–Trinajstić information content (AvgIpc) is 2.25. The van der Waals surface area contributed by atoms with Gasteiger partial charge in [-0.15, -0.1) is 0 Å². The molecule has 0 atom stereocenters. The van der Waals surface area contributed by atoms with Gasteiger partial charge in [-0.1, -0.05) is 70.1 Å². The summed E-state index contributed by atoms with van der Waals surface area (Å²) in [5, 5.41) is 0. The number of rotatable bonds is 8. The van der Waals surface area contributed by atoms with Crippen molar-refractivity contribution in [2.24, 2.45) is 0 Å². The molecule has 0 aliphatic rings. The van der Waals surface area contributed by atoms with Gasteiger partial charge >= 0.3 is 0 Å². The van der Waals surface area contributed by atoms with E-state index in [2.05, 4.69) is 40.1 Å². The molecule has 0 fully saturated rings. The van der Waals surface area contributed by atoms with E-state index in [0.717, 1.165) is 17.5 Å². The van der Waals surface area contributed by atoms with Crippen molar-refractivity contribution in [1.82, 2.24) is 0 Å². The van der Waals surface area contributed by atoms with Crippen LogP contribution in [0.1, 0.15) is 52.4 Å². The Morgan fingerprint density at radius 3 is 1.88 bits per heavy atom. The summed E-state index contributed by atoms with van der Waals surface area (Å²) in [6, 6.07) is 0. The van der Waals surface area contributed by atoms with Gasteiger partial charge in [-0.2, -0.15) is 0 Å². The van der Waals surface area contributed by atoms with Crippen molar-refractivity contribution in [2.45, 2.75) is 72.0 Å².